The summed E-state index contributed by atoms with van der Waals surface area (Å²) in [7, 11) is -2.50. The van der Waals surface area contributed by atoms with Crippen LogP contribution in [-0.4, -0.2) is 35.2 Å². The second-order valence-electron chi connectivity index (χ2n) is 6.60. The summed E-state index contributed by atoms with van der Waals surface area (Å²) in [6.45, 7) is 9.70. The maximum Gasteiger partial charge on any atom is 0.500 e. The van der Waals surface area contributed by atoms with Crippen LogP contribution >= 0.6 is 0 Å². The molecule has 0 radical (unpaired) electrons. The van der Waals surface area contributed by atoms with E-state index in [9.17, 15) is 0 Å². The first-order valence-electron chi connectivity index (χ1n) is 10.4. The first-order chi connectivity index (χ1) is 11.7. The van der Waals surface area contributed by atoms with E-state index in [2.05, 4.69) is 20.8 Å². The molecule has 0 aromatic carbocycles. The van der Waals surface area contributed by atoms with Crippen LogP contribution in [0.2, 0.25) is 6.04 Å². The van der Waals surface area contributed by atoms with E-state index >= 15 is 0 Å². The summed E-state index contributed by atoms with van der Waals surface area (Å²) in [5.74, 6) is 0. The molecule has 2 N–H and O–H groups in total. The maximum atomic E-state index is 6.27. The normalized spacial score (nSPS) is 12.0. The molecule has 4 nitrogen and oxygen atoms in total. The molecule has 24 heavy (non-hydrogen) atoms. The highest BCUT2D eigenvalue weighted by atomic mass is 28.4. The summed E-state index contributed by atoms with van der Waals surface area (Å²) < 4.78 is 18.8. The number of nitrogens with two attached hydrogens (primary N) is 1. The summed E-state index contributed by atoms with van der Waals surface area (Å²) in [6.07, 6.45) is 12.7. The zero-order chi connectivity index (χ0) is 17.9. The minimum Gasteiger partial charge on any atom is -0.373 e. The molecule has 0 aliphatic carbocycles. The summed E-state index contributed by atoms with van der Waals surface area (Å²) in [6, 6.07) is 0.965. The van der Waals surface area contributed by atoms with Crippen molar-refractivity contribution in [2.45, 2.75) is 97.4 Å². The van der Waals surface area contributed by atoms with E-state index in [4.69, 9.17) is 19.0 Å². The van der Waals surface area contributed by atoms with Gasteiger partial charge in [0.05, 0.1) is 0 Å². The number of hydrogen-bond acceptors (Lipinski definition) is 4. The quantitative estimate of drug-likeness (QED) is 0.251. The molecule has 0 heterocycles. The number of hydrogen-bond donors (Lipinski definition) is 1. The molecule has 146 valence electrons. The molecule has 0 bridgehead atoms. The highest BCUT2D eigenvalue weighted by molar-refractivity contribution is 6.60. The average molecular weight is 362 g/mol. The Hall–Kier alpha value is 0.0569. The van der Waals surface area contributed by atoms with Gasteiger partial charge in [-0.2, -0.15) is 0 Å². The molecule has 5 heteroatoms. The van der Waals surface area contributed by atoms with Gasteiger partial charge in [-0.15, -0.1) is 0 Å². The zero-order valence-electron chi connectivity index (χ0n) is 16.6. The largest absolute Gasteiger partial charge is 0.500 e. The Morgan fingerprint density at radius 1 is 0.583 bits per heavy atom. The van der Waals surface area contributed by atoms with Crippen LogP contribution in [0, 0.1) is 0 Å². The van der Waals surface area contributed by atoms with Gasteiger partial charge < -0.3 is 19.0 Å². The highest BCUT2D eigenvalue weighted by Gasteiger charge is 2.40. The summed E-state index contributed by atoms with van der Waals surface area (Å²) >= 11 is 0. The Bertz CT molecular complexity index is 228. The predicted molar refractivity (Wildman–Crippen MR) is 105 cm³/mol. The lowest BCUT2D eigenvalue weighted by Crippen LogP contribution is -2.46. The lowest BCUT2D eigenvalue weighted by molar-refractivity contribution is 0.0557. The van der Waals surface area contributed by atoms with Crippen molar-refractivity contribution in [1.82, 2.24) is 0 Å². The van der Waals surface area contributed by atoms with Crippen molar-refractivity contribution in [1.29, 1.82) is 0 Å². The molecule has 0 rings (SSSR count). The molecule has 0 aromatic rings. The molecular formula is C19H43NO3Si. The Morgan fingerprint density at radius 2 is 1.00 bits per heavy atom. The van der Waals surface area contributed by atoms with Crippen molar-refractivity contribution in [3.63, 3.8) is 0 Å². The van der Waals surface area contributed by atoms with Gasteiger partial charge in [0.1, 0.15) is 0 Å². The lowest BCUT2D eigenvalue weighted by atomic mass is 10.2. The van der Waals surface area contributed by atoms with Crippen LogP contribution in [0.1, 0.15) is 91.4 Å². The van der Waals surface area contributed by atoms with Gasteiger partial charge >= 0.3 is 8.80 Å². The summed E-state index contributed by atoms with van der Waals surface area (Å²) in [5, 5.41) is 0. The molecular weight excluding hydrogens is 318 g/mol. The van der Waals surface area contributed by atoms with Crippen molar-refractivity contribution in [2.75, 3.05) is 26.4 Å². The van der Waals surface area contributed by atoms with E-state index in [1.807, 2.05) is 0 Å². The first-order valence-corrected chi connectivity index (χ1v) is 12.3. The van der Waals surface area contributed by atoms with Crippen LogP contribution in [0.25, 0.3) is 0 Å². The summed E-state index contributed by atoms with van der Waals surface area (Å²) in [5.41, 5.74) is 5.56. The Kier molecular flexibility index (Phi) is 17.9. The van der Waals surface area contributed by atoms with Gasteiger partial charge in [0.15, 0.2) is 0 Å². The average Bonchev–Trinajstić information content (AvgIpc) is 2.58. The van der Waals surface area contributed by atoms with Gasteiger partial charge in [-0.25, -0.2) is 0 Å². The standard InChI is InChI=1S/C19H43NO3Si/c1-4-7-16-21-24(22-17-8-5-2,23-18-9-6-3)19-14-12-10-11-13-15-20/h4-20H2,1-3H3. The van der Waals surface area contributed by atoms with E-state index in [0.29, 0.717) is 0 Å². The fourth-order valence-electron chi connectivity index (χ4n) is 2.47. The van der Waals surface area contributed by atoms with Gasteiger partial charge in [0.25, 0.3) is 0 Å². The van der Waals surface area contributed by atoms with Gasteiger partial charge in [-0.3, -0.25) is 0 Å². The molecule has 0 unspecified atom stereocenters. The molecule has 0 fully saturated rings. The van der Waals surface area contributed by atoms with E-state index in [-0.39, 0.29) is 0 Å². The fraction of sp³-hybridized carbons (Fsp3) is 1.00. The summed E-state index contributed by atoms with van der Waals surface area (Å²) in [4.78, 5) is 0. The Balaban J connectivity index is 4.48. The molecule has 0 aromatic heterocycles. The highest BCUT2D eigenvalue weighted by Crippen LogP contribution is 2.22. The van der Waals surface area contributed by atoms with Gasteiger partial charge in [-0.05, 0) is 38.6 Å². The lowest BCUT2D eigenvalue weighted by Gasteiger charge is -2.30. The Morgan fingerprint density at radius 3 is 1.42 bits per heavy atom. The SMILES string of the molecule is CCCCO[Si](CCCCCCCN)(OCCCC)OCCCC. The van der Waals surface area contributed by atoms with Gasteiger partial charge in [0.2, 0.25) is 0 Å². The maximum absolute atomic E-state index is 6.27. The molecule has 0 aliphatic heterocycles. The molecule has 0 saturated carbocycles. The van der Waals surface area contributed by atoms with Crippen LogP contribution < -0.4 is 5.73 Å². The first kappa shape index (κ1) is 24.1. The second-order valence-corrected chi connectivity index (χ2v) is 9.33. The van der Waals surface area contributed by atoms with Crippen LogP contribution in [0.4, 0.5) is 0 Å². The van der Waals surface area contributed by atoms with Crippen molar-refractivity contribution in [2.24, 2.45) is 5.73 Å². The molecule has 0 aliphatic rings. The van der Waals surface area contributed by atoms with Crippen molar-refractivity contribution >= 4 is 8.80 Å². The minimum absolute atomic E-state index is 0.772. The Labute approximate surface area is 152 Å². The van der Waals surface area contributed by atoms with Gasteiger partial charge in [-0.1, -0.05) is 59.3 Å². The van der Waals surface area contributed by atoms with Crippen LogP contribution in [0.3, 0.4) is 0 Å². The molecule has 0 atom stereocenters. The second kappa shape index (κ2) is 17.9. The third-order valence-electron chi connectivity index (χ3n) is 4.15. The van der Waals surface area contributed by atoms with E-state index in [1.165, 1.54) is 19.3 Å². The predicted octanol–water partition coefficient (Wildman–Crippen LogP) is 5.28. The fourth-order valence-corrected chi connectivity index (χ4v) is 5.21. The number of unbranched alkanes of at least 4 members (excludes halogenated alkanes) is 7. The molecule has 0 spiro atoms. The minimum atomic E-state index is -2.50. The van der Waals surface area contributed by atoms with Crippen molar-refractivity contribution in [3.05, 3.63) is 0 Å². The van der Waals surface area contributed by atoms with E-state index in [1.54, 1.807) is 0 Å². The van der Waals surface area contributed by atoms with Crippen LogP contribution in [0.15, 0.2) is 0 Å². The van der Waals surface area contributed by atoms with Crippen LogP contribution in [0.5, 0.6) is 0 Å². The molecule has 0 saturated heterocycles. The van der Waals surface area contributed by atoms with Gasteiger partial charge in [0, 0.05) is 25.9 Å². The van der Waals surface area contributed by atoms with Crippen molar-refractivity contribution < 1.29 is 13.3 Å². The third kappa shape index (κ3) is 13.4. The van der Waals surface area contributed by atoms with E-state index in [0.717, 1.165) is 83.8 Å². The molecule has 0 amide bonds. The smallest absolute Gasteiger partial charge is 0.373 e. The topological polar surface area (TPSA) is 53.7 Å². The van der Waals surface area contributed by atoms with Crippen LogP contribution in [-0.2, 0) is 13.3 Å². The monoisotopic (exact) mass is 361 g/mol. The number of rotatable bonds is 19. The zero-order valence-corrected chi connectivity index (χ0v) is 17.6. The third-order valence-corrected chi connectivity index (χ3v) is 7.04. The van der Waals surface area contributed by atoms with E-state index < -0.39 is 8.80 Å². The van der Waals surface area contributed by atoms with Crippen molar-refractivity contribution in [3.8, 4) is 0 Å².